The standard InChI is InChI=1S/C13H15N3O3/c1-3-19-12-9(2)11(14-13(17)18)16(15-12)10-7-5-4-6-8-10/h4-8,14H,3H2,1-2H3,(H,17,18). The first-order chi connectivity index (χ1) is 9.13. The lowest BCUT2D eigenvalue weighted by molar-refractivity contribution is 0.209. The van der Waals surface area contributed by atoms with Crippen LogP contribution in [0.15, 0.2) is 30.3 Å². The molecule has 0 saturated heterocycles. The molecule has 0 aliphatic heterocycles. The van der Waals surface area contributed by atoms with E-state index in [2.05, 4.69) is 10.4 Å². The van der Waals surface area contributed by atoms with Gasteiger partial charge in [-0.25, -0.2) is 9.48 Å². The van der Waals surface area contributed by atoms with E-state index in [1.54, 1.807) is 6.92 Å². The molecule has 0 saturated carbocycles. The van der Waals surface area contributed by atoms with Crippen molar-refractivity contribution in [1.82, 2.24) is 9.78 Å². The van der Waals surface area contributed by atoms with Crippen LogP contribution in [0.4, 0.5) is 10.6 Å². The van der Waals surface area contributed by atoms with E-state index >= 15 is 0 Å². The molecule has 6 nitrogen and oxygen atoms in total. The summed E-state index contributed by atoms with van der Waals surface area (Å²) in [5, 5.41) is 15.6. The lowest BCUT2D eigenvalue weighted by Gasteiger charge is -2.06. The number of nitrogens with one attached hydrogen (secondary N) is 1. The fraction of sp³-hybridized carbons (Fsp3) is 0.231. The zero-order valence-corrected chi connectivity index (χ0v) is 10.8. The number of hydrogen-bond donors (Lipinski definition) is 2. The van der Waals surface area contributed by atoms with Gasteiger partial charge in [0.05, 0.1) is 17.9 Å². The van der Waals surface area contributed by atoms with Gasteiger partial charge in [0.25, 0.3) is 0 Å². The second-order valence-corrected chi connectivity index (χ2v) is 3.89. The van der Waals surface area contributed by atoms with Gasteiger partial charge in [0.2, 0.25) is 5.88 Å². The minimum atomic E-state index is -1.14. The molecule has 100 valence electrons. The van der Waals surface area contributed by atoms with Gasteiger partial charge < -0.3 is 9.84 Å². The first kappa shape index (κ1) is 12.9. The van der Waals surface area contributed by atoms with Crippen LogP contribution in [0, 0.1) is 6.92 Å². The summed E-state index contributed by atoms with van der Waals surface area (Å²) in [7, 11) is 0. The van der Waals surface area contributed by atoms with Crippen LogP contribution in [0.2, 0.25) is 0 Å². The second-order valence-electron chi connectivity index (χ2n) is 3.89. The van der Waals surface area contributed by atoms with Crippen molar-refractivity contribution in [1.29, 1.82) is 0 Å². The summed E-state index contributed by atoms with van der Waals surface area (Å²) in [6.45, 7) is 4.09. The Morgan fingerprint density at radius 2 is 2.11 bits per heavy atom. The van der Waals surface area contributed by atoms with Gasteiger partial charge in [-0.15, -0.1) is 5.10 Å². The van der Waals surface area contributed by atoms with E-state index in [-0.39, 0.29) is 0 Å². The van der Waals surface area contributed by atoms with Gasteiger partial charge in [-0.3, -0.25) is 5.32 Å². The van der Waals surface area contributed by atoms with Gasteiger partial charge in [-0.2, -0.15) is 0 Å². The molecule has 1 heterocycles. The molecule has 2 N–H and O–H groups in total. The third-order valence-corrected chi connectivity index (χ3v) is 2.59. The Kier molecular flexibility index (Phi) is 3.70. The number of aromatic nitrogens is 2. The van der Waals surface area contributed by atoms with Crippen molar-refractivity contribution in [2.24, 2.45) is 0 Å². The van der Waals surface area contributed by atoms with Crippen LogP contribution in [0.5, 0.6) is 5.88 Å². The molecule has 0 unspecified atom stereocenters. The van der Waals surface area contributed by atoms with Gasteiger partial charge in [0.1, 0.15) is 5.82 Å². The molecule has 0 spiro atoms. The molecule has 0 radical (unpaired) electrons. The lowest BCUT2D eigenvalue weighted by Crippen LogP contribution is -2.12. The molecule has 0 fully saturated rings. The summed E-state index contributed by atoms with van der Waals surface area (Å²) in [4.78, 5) is 10.9. The number of hydrogen-bond acceptors (Lipinski definition) is 3. The molecular weight excluding hydrogens is 246 g/mol. The molecule has 0 atom stereocenters. The Morgan fingerprint density at radius 3 is 2.68 bits per heavy atom. The fourth-order valence-corrected chi connectivity index (χ4v) is 1.75. The SMILES string of the molecule is CCOc1nn(-c2ccccc2)c(NC(=O)O)c1C. The zero-order chi connectivity index (χ0) is 13.8. The minimum absolute atomic E-state index is 0.391. The van der Waals surface area contributed by atoms with Crippen molar-refractivity contribution >= 4 is 11.9 Å². The van der Waals surface area contributed by atoms with Crippen molar-refractivity contribution in [2.45, 2.75) is 13.8 Å². The quantitative estimate of drug-likeness (QED) is 0.887. The van der Waals surface area contributed by atoms with Crippen molar-refractivity contribution < 1.29 is 14.6 Å². The highest BCUT2D eigenvalue weighted by atomic mass is 16.5. The van der Waals surface area contributed by atoms with Crippen LogP contribution in [0.25, 0.3) is 5.69 Å². The molecule has 1 aromatic heterocycles. The number of amides is 1. The van der Waals surface area contributed by atoms with Gasteiger partial charge in [-0.05, 0) is 26.0 Å². The van der Waals surface area contributed by atoms with E-state index in [9.17, 15) is 4.79 Å². The maximum Gasteiger partial charge on any atom is 0.410 e. The molecule has 0 bridgehead atoms. The Morgan fingerprint density at radius 1 is 1.42 bits per heavy atom. The smallest absolute Gasteiger partial charge is 0.410 e. The number of nitrogens with zero attached hydrogens (tertiary/aromatic N) is 2. The summed E-state index contributed by atoms with van der Waals surface area (Å²) in [5.74, 6) is 0.817. The number of benzene rings is 1. The average molecular weight is 261 g/mol. The van der Waals surface area contributed by atoms with Gasteiger partial charge >= 0.3 is 6.09 Å². The third-order valence-electron chi connectivity index (χ3n) is 2.59. The topological polar surface area (TPSA) is 76.4 Å². The van der Waals surface area contributed by atoms with Gasteiger partial charge in [0, 0.05) is 0 Å². The molecule has 2 rings (SSSR count). The van der Waals surface area contributed by atoms with Crippen LogP contribution < -0.4 is 10.1 Å². The van der Waals surface area contributed by atoms with E-state index in [1.807, 2.05) is 37.3 Å². The summed E-state index contributed by atoms with van der Waals surface area (Å²) in [5.41, 5.74) is 1.42. The maximum atomic E-state index is 10.9. The lowest BCUT2D eigenvalue weighted by atomic mass is 10.3. The van der Waals surface area contributed by atoms with E-state index in [4.69, 9.17) is 9.84 Å². The predicted octanol–water partition coefficient (Wildman–Crippen LogP) is 2.67. The van der Waals surface area contributed by atoms with E-state index in [0.29, 0.717) is 23.9 Å². The van der Waals surface area contributed by atoms with Crippen LogP contribution >= 0.6 is 0 Å². The highest BCUT2D eigenvalue weighted by Gasteiger charge is 2.18. The van der Waals surface area contributed by atoms with Crippen LogP contribution in [0.1, 0.15) is 12.5 Å². The van der Waals surface area contributed by atoms with Gasteiger partial charge in [-0.1, -0.05) is 18.2 Å². The summed E-state index contributed by atoms with van der Waals surface area (Å²) in [6, 6.07) is 9.28. The summed E-state index contributed by atoms with van der Waals surface area (Å²) in [6.07, 6.45) is -1.14. The number of anilines is 1. The highest BCUT2D eigenvalue weighted by molar-refractivity contribution is 5.83. The van der Waals surface area contributed by atoms with Crippen molar-refractivity contribution in [3.63, 3.8) is 0 Å². The second kappa shape index (κ2) is 5.43. The van der Waals surface area contributed by atoms with E-state index in [1.165, 1.54) is 4.68 Å². The van der Waals surface area contributed by atoms with Crippen molar-refractivity contribution in [3.05, 3.63) is 35.9 Å². The number of ether oxygens (including phenoxy) is 1. The predicted molar refractivity (Wildman–Crippen MR) is 71.1 cm³/mol. The summed E-state index contributed by atoms with van der Waals surface area (Å²) >= 11 is 0. The number of para-hydroxylation sites is 1. The minimum Gasteiger partial charge on any atom is -0.477 e. The molecule has 0 aliphatic rings. The average Bonchev–Trinajstić information content (AvgIpc) is 2.69. The first-order valence-electron chi connectivity index (χ1n) is 5.91. The molecular formula is C13H15N3O3. The molecule has 1 aromatic carbocycles. The molecule has 19 heavy (non-hydrogen) atoms. The van der Waals surface area contributed by atoms with Crippen LogP contribution in [-0.4, -0.2) is 27.6 Å². The van der Waals surface area contributed by atoms with Gasteiger partial charge in [0.15, 0.2) is 0 Å². The summed E-state index contributed by atoms with van der Waals surface area (Å²) < 4.78 is 6.92. The number of carboxylic acid groups (broad SMARTS) is 1. The Labute approximate surface area is 110 Å². The number of rotatable bonds is 4. The normalized spacial score (nSPS) is 10.2. The first-order valence-corrected chi connectivity index (χ1v) is 5.91. The Balaban J connectivity index is 2.52. The Bertz CT molecular complexity index is 578. The monoisotopic (exact) mass is 261 g/mol. The maximum absolute atomic E-state index is 10.9. The highest BCUT2D eigenvalue weighted by Crippen LogP contribution is 2.28. The molecule has 1 amide bonds. The van der Waals surface area contributed by atoms with Crippen molar-refractivity contribution in [3.8, 4) is 11.6 Å². The van der Waals surface area contributed by atoms with Crippen LogP contribution in [-0.2, 0) is 0 Å². The molecule has 0 aliphatic carbocycles. The zero-order valence-electron chi connectivity index (χ0n) is 10.8. The third kappa shape index (κ3) is 2.67. The van der Waals surface area contributed by atoms with Crippen LogP contribution in [0.3, 0.4) is 0 Å². The van der Waals surface area contributed by atoms with E-state index < -0.39 is 6.09 Å². The van der Waals surface area contributed by atoms with Crippen molar-refractivity contribution in [2.75, 3.05) is 11.9 Å². The van der Waals surface area contributed by atoms with E-state index in [0.717, 1.165) is 5.69 Å². The largest absolute Gasteiger partial charge is 0.477 e. The molecule has 2 aromatic rings. The number of carbonyl (C=O) groups is 1. The fourth-order valence-electron chi connectivity index (χ4n) is 1.75. The molecule has 6 heteroatoms. The Hall–Kier alpha value is -2.50.